The molecule has 0 amide bonds. The summed E-state index contributed by atoms with van der Waals surface area (Å²) in [6, 6.07) is 8.26. The Labute approximate surface area is 123 Å². The number of nitrogens with zero attached hydrogens (tertiary/aromatic N) is 2. The van der Waals surface area contributed by atoms with Gasteiger partial charge in [0.05, 0.1) is 0 Å². The van der Waals surface area contributed by atoms with Gasteiger partial charge in [-0.3, -0.25) is 0 Å². The van der Waals surface area contributed by atoms with Crippen LogP contribution >= 0.6 is 11.8 Å². The van der Waals surface area contributed by atoms with E-state index in [1.54, 1.807) is 23.9 Å². The predicted molar refractivity (Wildman–Crippen MR) is 74.9 cm³/mol. The van der Waals surface area contributed by atoms with Crippen LogP contribution in [0.15, 0.2) is 35.2 Å². The van der Waals surface area contributed by atoms with Crippen molar-refractivity contribution < 1.29 is 17.9 Å². The van der Waals surface area contributed by atoms with Gasteiger partial charge in [-0.25, -0.2) is 4.98 Å². The molecular weight excluding hydrogens is 303 g/mol. The zero-order valence-electron chi connectivity index (χ0n) is 11.2. The Morgan fingerprint density at radius 3 is 2.33 bits per heavy atom. The Hall–Kier alpha value is -1.96. The van der Waals surface area contributed by atoms with Gasteiger partial charge in [-0.1, -0.05) is 0 Å². The van der Waals surface area contributed by atoms with E-state index < -0.39 is 12.0 Å². The number of rotatable bonds is 4. The predicted octanol–water partition coefficient (Wildman–Crippen LogP) is 4.05. The van der Waals surface area contributed by atoms with Crippen molar-refractivity contribution in [1.29, 1.82) is 0 Å². The molecule has 112 valence electrons. The highest BCUT2D eigenvalue weighted by Crippen LogP contribution is 2.30. The lowest BCUT2D eigenvalue weighted by Gasteiger charge is -2.10. The highest BCUT2D eigenvalue weighted by atomic mass is 32.2. The zero-order valence-corrected chi connectivity index (χ0v) is 12.0. The van der Waals surface area contributed by atoms with Crippen LogP contribution in [0.5, 0.6) is 11.6 Å². The van der Waals surface area contributed by atoms with Crippen LogP contribution in [-0.4, -0.2) is 23.3 Å². The van der Waals surface area contributed by atoms with Gasteiger partial charge in [0.25, 0.3) is 0 Å². The molecule has 0 saturated carbocycles. The van der Waals surface area contributed by atoms with Crippen LogP contribution in [0.4, 0.5) is 19.0 Å². The molecule has 0 aliphatic carbocycles. The van der Waals surface area contributed by atoms with E-state index in [4.69, 9.17) is 4.74 Å². The van der Waals surface area contributed by atoms with Crippen molar-refractivity contribution in [2.75, 3.05) is 18.6 Å². The van der Waals surface area contributed by atoms with Crippen LogP contribution in [-0.2, 0) is 6.18 Å². The second-order valence-corrected chi connectivity index (χ2v) is 4.82. The summed E-state index contributed by atoms with van der Waals surface area (Å²) in [7, 11) is 1.47. The maximum Gasteiger partial charge on any atom is 0.451 e. The van der Waals surface area contributed by atoms with Gasteiger partial charge < -0.3 is 10.1 Å². The third-order valence-corrected chi connectivity index (χ3v) is 3.24. The minimum Gasteiger partial charge on any atom is -0.439 e. The number of aromatic nitrogens is 2. The van der Waals surface area contributed by atoms with Gasteiger partial charge in [-0.2, -0.15) is 18.2 Å². The molecular formula is C13H12F3N3OS. The van der Waals surface area contributed by atoms with Crippen molar-refractivity contribution in [3.05, 3.63) is 36.2 Å². The average molecular weight is 315 g/mol. The number of benzene rings is 1. The normalized spacial score (nSPS) is 11.3. The molecule has 0 unspecified atom stereocenters. The van der Waals surface area contributed by atoms with Gasteiger partial charge in [0.1, 0.15) is 11.6 Å². The fourth-order valence-electron chi connectivity index (χ4n) is 1.50. The Kier molecular flexibility index (Phi) is 4.56. The van der Waals surface area contributed by atoms with Crippen molar-refractivity contribution in [1.82, 2.24) is 9.97 Å². The number of ether oxygens (including phenoxy) is 1. The minimum absolute atomic E-state index is 0.0352. The summed E-state index contributed by atoms with van der Waals surface area (Å²) in [6.45, 7) is 0. The standard InChI is InChI=1S/C13H12F3N3OS/c1-17-10-7-11(19-12(18-10)13(14,15)16)20-8-3-5-9(21-2)6-4-8/h3-7H,1-2H3,(H,17,18,19). The molecule has 0 saturated heterocycles. The lowest BCUT2D eigenvalue weighted by molar-refractivity contribution is -0.145. The van der Waals surface area contributed by atoms with E-state index in [1.807, 2.05) is 18.4 Å². The second kappa shape index (κ2) is 6.21. The molecule has 2 aromatic rings. The number of hydrogen-bond acceptors (Lipinski definition) is 5. The summed E-state index contributed by atoms with van der Waals surface area (Å²) in [5.41, 5.74) is 0. The molecule has 2 rings (SSSR count). The Morgan fingerprint density at radius 2 is 1.81 bits per heavy atom. The number of halogens is 3. The summed E-state index contributed by atoms with van der Waals surface area (Å²) in [4.78, 5) is 7.77. The summed E-state index contributed by atoms with van der Waals surface area (Å²) in [5, 5.41) is 2.55. The monoisotopic (exact) mass is 315 g/mol. The van der Waals surface area contributed by atoms with E-state index >= 15 is 0 Å². The molecule has 0 fully saturated rings. The first-order valence-corrected chi connectivity index (χ1v) is 7.11. The molecule has 0 atom stereocenters. The topological polar surface area (TPSA) is 47.0 Å². The fraction of sp³-hybridized carbons (Fsp3) is 0.231. The van der Waals surface area contributed by atoms with Gasteiger partial charge in [-0.15, -0.1) is 11.8 Å². The lowest BCUT2D eigenvalue weighted by Crippen LogP contribution is -2.12. The molecule has 8 heteroatoms. The molecule has 21 heavy (non-hydrogen) atoms. The maximum absolute atomic E-state index is 12.7. The number of hydrogen-bond donors (Lipinski definition) is 1. The maximum atomic E-state index is 12.7. The molecule has 0 spiro atoms. The van der Waals surface area contributed by atoms with Crippen LogP contribution in [0.1, 0.15) is 5.82 Å². The van der Waals surface area contributed by atoms with Gasteiger partial charge in [0, 0.05) is 18.0 Å². The first-order chi connectivity index (χ1) is 9.92. The summed E-state index contributed by atoms with van der Waals surface area (Å²) in [6.07, 6.45) is -2.71. The fourth-order valence-corrected chi connectivity index (χ4v) is 1.90. The Bertz CT molecular complexity index is 617. The van der Waals surface area contributed by atoms with E-state index in [0.717, 1.165) is 4.90 Å². The minimum atomic E-state index is -4.63. The molecule has 0 bridgehead atoms. The van der Waals surface area contributed by atoms with E-state index in [9.17, 15) is 13.2 Å². The molecule has 4 nitrogen and oxygen atoms in total. The van der Waals surface area contributed by atoms with Crippen LogP contribution in [0.3, 0.4) is 0 Å². The number of thioether (sulfide) groups is 1. The van der Waals surface area contributed by atoms with E-state index in [-0.39, 0.29) is 11.7 Å². The summed E-state index contributed by atoms with van der Waals surface area (Å²) >= 11 is 1.56. The average Bonchev–Trinajstić information content (AvgIpc) is 2.46. The van der Waals surface area contributed by atoms with E-state index in [0.29, 0.717) is 5.75 Å². The first kappa shape index (κ1) is 15.4. The SMILES string of the molecule is CNc1cc(Oc2ccc(SC)cc2)nc(C(F)(F)F)n1. The molecule has 1 aromatic carbocycles. The van der Waals surface area contributed by atoms with Crippen molar-refractivity contribution in [2.45, 2.75) is 11.1 Å². The number of anilines is 1. The van der Waals surface area contributed by atoms with Gasteiger partial charge in [0.2, 0.25) is 11.7 Å². The summed E-state index contributed by atoms with van der Waals surface area (Å²) in [5.74, 6) is -0.974. The van der Waals surface area contributed by atoms with Crippen molar-refractivity contribution in [3.63, 3.8) is 0 Å². The van der Waals surface area contributed by atoms with Crippen LogP contribution in [0.25, 0.3) is 0 Å². The zero-order chi connectivity index (χ0) is 15.5. The van der Waals surface area contributed by atoms with Crippen LogP contribution in [0.2, 0.25) is 0 Å². The molecule has 0 aliphatic rings. The quantitative estimate of drug-likeness (QED) is 0.863. The highest BCUT2D eigenvalue weighted by Gasteiger charge is 2.35. The molecule has 1 aromatic heterocycles. The molecule has 1 N–H and O–H groups in total. The van der Waals surface area contributed by atoms with Gasteiger partial charge in [0.15, 0.2) is 0 Å². The van der Waals surface area contributed by atoms with Gasteiger partial charge in [-0.05, 0) is 30.5 Å². The third-order valence-electron chi connectivity index (χ3n) is 2.49. The molecule has 0 radical (unpaired) electrons. The highest BCUT2D eigenvalue weighted by molar-refractivity contribution is 7.98. The second-order valence-electron chi connectivity index (χ2n) is 3.94. The van der Waals surface area contributed by atoms with Crippen molar-refractivity contribution in [3.8, 4) is 11.6 Å². The largest absolute Gasteiger partial charge is 0.451 e. The van der Waals surface area contributed by atoms with Gasteiger partial charge >= 0.3 is 6.18 Å². The molecule has 0 aliphatic heterocycles. The molecule has 1 heterocycles. The van der Waals surface area contributed by atoms with Crippen molar-refractivity contribution in [2.24, 2.45) is 0 Å². The third kappa shape index (κ3) is 4.01. The Morgan fingerprint density at radius 1 is 1.14 bits per heavy atom. The summed E-state index contributed by atoms with van der Waals surface area (Å²) < 4.78 is 43.5. The van der Waals surface area contributed by atoms with Crippen molar-refractivity contribution >= 4 is 17.6 Å². The van der Waals surface area contributed by atoms with Crippen LogP contribution < -0.4 is 10.1 Å². The van der Waals surface area contributed by atoms with E-state index in [2.05, 4.69) is 15.3 Å². The number of alkyl halides is 3. The smallest absolute Gasteiger partial charge is 0.439 e. The van der Waals surface area contributed by atoms with Crippen LogP contribution in [0, 0.1) is 0 Å². The lowest BCUT2D eigenvalue weighted by atomic mass is 10.3. The van der Waals surface area contributed by atoms with E-state index in [1.165, 1.54) is 13.1 Å². The first-order valence-electron chi connectivity index (χ1n) is 5.88. The Balaban J connectivity index is 2.29. The number of nitrogens with one attached hydrogen (secondary N) is 1.